The predicted molar refractivity (Wildman–Crippen MR) is 83.0 cm³/mol. The summed E-state index contributed by atoms with van der Waals surface area (Å²) in [6.45, 7) is 8.51. The summed E-state index contributed by atoms with van der Waals surface area (Å²) in [5, 5.41) is 2.91. The van der Waals surface area contributed by atoms with Crippen molar-refractivity contribution in [2.45, 2.75) is 46.6 Å². The minimum absolute atomic E-state index is 0.0147. The highest BCUT2D eigenvalue weighted by atomic mass is 16.5. The van der Waals surface area contributed by atoms with Crippen LogP contribution in [-0.4, -0.2) is 18.6 Å². The third-order valence-corrected chi connectivity index (χ3v) is 2.77. The van der Waals surface area contributed by atoms with Crippen molar-refractivity contribution in [3.63, 3.8) is 0 Å². The molecule has 1 rings (SSSR count). The van der Waals surface area contributed by atoms with Crippen LogP contribution in [0, 0.1) is 5.92 Å². The maximum Gasteiger partial charge on any atom is 0.224 e. The number of rotatable bonds is 7. The minimum atomic E-state index is 0.0147. The van der Waals surface area contributed by atoms with Gasteiger partial charge >= 0.3 is 0 Å². The van der Waals surface area contributed by atoms with Crippen LogP contribution < -0.4 is 15.8 Å². The monoisotopic (exact) mass is 278 g/mol. The third-order valence-electron chi connectivity index (χ3n) is 2.77. The summed E-state index contributed by atoms with van der Waals surface area (Å²) >= 11 is 0. The maximum atomic E-state index is 11.9. The maximum absolute atomic E-state index is 11.9. The van der Waals surface area contributed by atoms with Crippen LogP contribution in [0.1, 0.15) is 39.7 Å². The van der Waals surface area contributed by atoms with Gasteiger partial charge in [-0.05, 0) is 43.9 Å². The molecule has 0 aliphatic carbocycles. The van der Waals surface area contributed by atoms with Crippen molar-refractivity contribution in [1.82, 2.24) is 0 Å². The molecule has 3 N–H and O–H groups in total. The van der Waals surface area contributed by atoms with Crippen LogP contribution in [0.15, 0.2) is 18.2 Å². The van der Waals surface area contributed by atoms with Crippen molar-refractivity contribution in [2.75, 3.05) is 11.9 Å². The topological polar surface area (TPSA) is 64.3 Å². The molecule has 1 atom stereocenters. The van der Waals surface area contributed by atoms with E-state index in [0.717, 1.165) is 17.7 Å². The summed E-state index contributed by atoms with van der Waals surface area (Å²) < 4.78 is 5.61. The highest BCUT2D eigenvalue weighted by Crippen LogP contribution is 2.27. The largest absolute Gasteiger partial charge is 0.492 e. The molecule has 1 amide bonds. The first-order chi connectivity index (χ1) is 9.42. The first-order valence-corrected chi connectivity index (χ1v) is 7.23. The number of hydrogen-bond acceptors (Lipinski definition) is 3. The van der Waals surface area contributed by atoms with Crippen LogP contribution >= 0.6 is 0 Å². The Morgan fingerprint density at radius 2 is 2.05 bits per heavy atom. The van der Waals surface area contributed by atoms with Gasteiger partial charge in [-0.2, -0.15) is 0 Å². The van der Waals surface area contributed by atoms with Gasteiger partial charge in [0.1, 0.15) is 5.75 Å². The molecule has 0 radical (unpaired) electrons. The van der Waals surface area contributed by atoms with Crippen molar-refractivity contribution in [3.8, 4) is 5.75 Å². The van der Waals surface area contributed by atoms with Gasteiger partial charge < -0.3 is 15.8 Å². The van der Waals surface area contributed by atoms with E-state index in [0.29, 0.717) is 24.7 Å². The summed E-state index contributed by atoms with van der Waals surface area (Å²) in [5.74, 6) is 1.06. The van der Waals surface area contributed by atoms with Gasteiger partial charge in [0.25, 0.3) is 0 Å². The average molecular weight is 278 g/mol. The van der Waals surface area contributed by atoms with Gasteiger partial charge in [0.2, 0.25) is 5.91 Å². The summed E-state index contributed by atoms with van der Waals surface area (Å²) in [6.07, 6.45) is 1.30. The minimum Gasteiger partial charge on any atom is -0.492 e. The van der Waals surface area contributed by atoms with Crippen LogP contribution in [0.25, 0.3) is 0 Å². The summed E-state index contributed by atoms with van der Waals surface area (Å²) in [4.78, 5) is 11.9. The molecule has 1 unspecified atom stereocenters. The Morgan fingerprint density at radius 1 is 1.35 bits per heavy atom. The van der Waals surface area contributed by atoms with Crippen LogP contribution in [0.2, 0.25) is 0 Å². The van der Waals surface area contributed by atoms with Crippen molar-refractivity contribution in [1.29, 1.82) is 0 Å². The first kappa shape index (κ1) is 16.5. The zero-order chi connectivity index (χ0) is 15.1. The molecule has 1 aromatic rings. The Kier molecular flexibility index (Phi) is 6.52. The number of benzene rings is 1. The van der Waals surface area contributed by atoms with Crippen LogP contribution in [0.5, 0.6) is 5.75 Å². The fourth-order valence-corrected chi connectivity index (χ4v) is 2.02. The smallest absolute Gasteiger partial charge is 0.224 e. The first-order valence-electron chi connectivity index (χ1n) is 7.23. The van der Waals surface area contributed by atoms with Crippen LogP contribution in [0.4, 0.5) is 5.69 Å². The number of ether oxygens (including phenoxy) is 1. The Bertz CT molecular complexity index is 442. The van der Waals surface area contributed by atoms with E-state index in [2.05, 4.69) is 5.32 Å². The quantitative estimate of drug-likeness (QED) is 0.806. The number of amides is 1. The van der Waals surface area contributed by atoms with Gasteiger partial charge in [-0.15, -0.1) is 0 Å². The molecule has 0 fully saturated rings. The highest BCUT2D eigenvalue weighted by Gasteiger charge is 2.11. The van der Waals surface area contributed by atoms with Crippen molar-refractivity contribution < 1.29 is 9.53 Å². The lowest BCUT2D eigenvalue weighted by Crippen LogP contribution is -2.18. The summed E-state index contributed by atoms with van der Waals surface area (Å²) in [5.41, 5.74) is 7.66. The molecule has 0 spiro atoms. The lowest BCUT2D eigenvalue weighted by Gasteiger charge is -2.14. The molecule has 0 saturated heterocycles. The Labute approximate surface area is 121 Å². The summed E-state index contributed by atoms with van der Waals surface area (Å²) in [6, 6.07) is 5.93. The van der Waals surface area contributed by atoms with Gasteiger partial charge in [0.05, 0.1) is 12.3 Å². The standard InChI is InChI=1S/C16H26N2O2/c1-5-20-15-10-13(9-12(4)17)6-7-14(15)18-16(19)8-11(2)3/h6-7,10-12H,5,8-9,17H2,1-4H3,(H,18,19). The lowest BCUT2D eigenvalue weighted by atomic mass is 10.1. The van der Waals surface area contributed by atoms with E-state index in [1.807, 2.05) is 45.9 Å². The SMILES string of the molecule is CCOc1cc(CC(C)N)ccc1NC(=O)CC(C)C. The number of carbonyl (C=O) groups excluding carboxylic acids is 1. The van der Waals surface area contributed by atoms with E-state index in [4.69, 9.17) is 10.5 Å². The lowest BCUT2D eigenvalue weighted by molar-refractivity contribution is -0.116. The zero-order valence-electron chi connectivity index (χ0n) is 12.9. The second kappa shape index (κ2) is 7.90. The van der Waals surface area contributed by atoms with E-state index >= 15 is 0 Å². The van der Waals surface area contributed by atoms with Gasteiger partial charge in [-0.25, -0.2) is 0 Å². The Balaban J connectivity index is 2.86. The number of carbonyl (C=O) groups is 1. The highest BCUT2D eigenvalue weighted by molar-refractivity contribution is 5.92. The fourth-order valence-electron chi connectivity index (χ4n) is 2.02. The van der Waals surface area contributed by atoms with Gasteiger partial charge in [-0.3, -0.25) is 4.79 Å². The molecule has 0 aromatic heterocycles. The van der Waals surface area contributed by atoms with E-state index in [9.17, 15) is 4.79 Å². The molecule has 112 valence electrons. The average Bonchev–Trinajstić information content (AvgIpc) is 2.31. The molecular weight excluding hydrogens is 252 g/mol. The van der Waals surface area contributed by atoms with Crippen molar-refractivity contribution in [3.05, 3.63) is 23.8 Å². The molecule has 0 bridgehead atoms. The van der Waals surface area contributed by atoms with E-state index < -0.39 is 0 Å². The summed E-state index contributed by atoms with van der Waals surface area (Å²) in [7, 11) is 0. The Morgan fingerprint density at radius 3 is 2.60 bits per heavy atom. The van der Waals surface area contributed by atoms with Crippen molar-refractivity contribution >= 4 is 11.6 Å². The normalized spacial score (nSPS) is 12.3. The molecular formula is C16H26N2O2. The molecule has 20 heavy (non-hydrogen) atoms. The molecule has 0 saturated carbocycles. The number of nitrogens with one attached hydrogen (secondary N) is 1. The van der Waals surface area contributed by atoms with Gasteiger partial charge in [0, 0.05) is 12.5 Å². The van der Waals surface area contributed by atoms with Crippen LogP contribution in [0.3, 0.4) is 0 Å². The number of hydrogen-bond donors (Lipinski definition) is 2. The number of nitrogens with two attached hydrogens (primary N) is 1. The molecule has 0 aliphatic rings. The van der Waals surface area contributed by atoms with Gasteiger partial charge in [0.15, 0.2) is 0 Å². The van der Waals surface area contributed by atoms with Crippen LogP contribution in [-0.2, 0) is 11.2 Å². The second-order valence-electron chi connectivity index (χ2n) is 5.59. The number of anilines is 1. The van der Waals surface area contributed by atoms with E-state index in [1.165, 1.54) is 0 Å². The van der Waals surface area contributed by atoms with E-state index in [-0.39, 0.29) is 11.9 Å². The van der Waals surface area contributed by atoms with Gasteiger partial charge in [-0.1, -0.05) is 19.9 Å². The zero-order valence-corrected chi connectivity index (χ0v) is 12.9. The predicted octanol–water partition coefficient (Wildman–Crippen LogP) is 2.96. The van der Waals surface area contributed by atoms with Crippen molar-refractivity contribution in [2.24, 2.45) is 11.7 Å². The second-order valence-corrected chi connectivity index (χ2v) is 5.59. The molecule has 4 nitrogen and oxygen atoms in total. The molecule has 4 heteroatoms. The Hall–Kier alpha value is -1.55. The molecule has 0 aliphatic heterocycles. The molecule has 1 aromatic carbocycles. The third kappa shape index (κ3) is 5.61. The van der Waals surface area contributed by atoms with E-state index in [1.54, 1.807) is 0 Å². The molecule has 0 heterocycles. The fraction of sp³-hybridized carbons (Fsp3) is 0.562.